The quantitative estimate of drug-likeness (QED) is 0.217. The van der Waals surface area contributed by atoms with Crippen LogP contribution < -0.4 is 14.5 Å². The van der Waals surface area contributed by atoms with Crippen molar-refractivity contribution in [1.29, 1.82) is 0 Å². The Morgan fingerprint density at radius 2 is 1.80 bits per heavy atom. The highest BCUT2D eigenvalue weighted by molar-refractivity contribution is 7.92. The van der Waals surface area contributed by atoms with Gasteiger partial charge in [0.1, 0.15) is 12.3 Å². The molecule has 3 aromatic carbocycles. The van der Waals surface area contributed by atoms with Gasteiger partial charge < -0.3 is 4.74 Å². The number of amides is 1. The number of rotatable bonds is 11. The van der Waals surface area contributed by atoms with Crippen LogP contribution in [0.2, 0.25) is 5.02 Å². The number of halogens is 1. The Labute approximate surface area is 211 Å². The molecular weight excluding hydrogens is 486 g/mol. The van der Waals surface area contributed by atoms with Gasteiger partial charge in [-0.3, -0.25) is 9.10 Å². The number of sulfonamides is 1. The van der Waals surface area contributed by atoms with Crippen molar-refractivity contribution >= 4 is 39.4 Å². The molecule has 0 bridgehead atoms. The predicted molar refractivity (Wildman–Crippen MR) is 140 cm³/mol. The molecule has 7 nitrogen and oxygen atoms in total. The molecule has 1 amide bonds. The van der Waals surface area contributed by atoms with E-state index >= 15 is 0 Å². The maximum atomic E-state index is 13.3. The van der Waals surface area contributed by atoms with Gasteiger partial charge in [0.15, 0.2) is 0 Å². The van der Waals surface area contributed by atoms with Crippen molar-refractivity contribution in [3.05, 3.63) is 88.9 Å². The van der Waals surface area contributed by atoms with Gasteiger partial charge in [-0.15, -0.1) is 0 Å². The van der Waals surface area contributed by atoms with Crippen molar-refractivity contribution in [3.8, 4) is 5.75 Å². The Balaban J connectivity index is 1.73. The Morgan fingerprint density at radius 1 is 1.09 bits per heavy atom. The standard InChI is InChI=1S/C26H28ClN3O4S/c1-3-4-16-34-23-14-11-21(12-15-23)18-28-29-26(31)19-30(22-13-10-20(2)25(27)17-22)35(32,33)24-8-6-5-7-9-24/h5-15,17-18H,3-4,16,19H2,1-2H3,(H,29,31)/b28-18+. The third kappa shape index (κ3) is 7.31. The van der Waals surface area contributed by atoms with Crippen molar-refractivity contribution in [1.82, 2.24) is 5.43 Å². The maximum absolute atomic E-state index is 13.3. The van der Waals surface area contributed by atoms with Crippen molar-refractivity contribution in [3.63, 3.8) is 0 Å². The molecule has 184 valence electrons. The van der Waals surface area contributed by atoms with E-state index in [4.69, 9.17) is 16.3 Å². The molecule has 1 N–H and O–H groups in total. The van der Waals surface area contributed by atoms with E-state index in [0.717, 1.165) is 34.0 Å². The molecule has 0 aliphatic rings. The van der Waals surface area contributed by atoms with E-state index in [0.29, 0.717) is 11.6 Å². The SMILES string of the molecule is CCCCOc1ccc(/C=N/NC(=O)CN(c2ccc(C)c(Cl)c2)S(=O)(=O)c2ccccc2)cc1. The van der Waals surface area contributed by atoms with E-state index in [2.05, 4.69) is 17.5 Å². The van der Waals surface area contributed by atoms with Gasteiger partial charge in [-0.05, 0) is 73.0 Å². The second-order valence-electron chi connectivity index (χ2n) is 7.82. The Bertz CT molecular complexity index is 1260. The minimum absolute atomic E-state index is 0.0641. The van der Waals surface area contributed by atoms with Gasteiger partial charge in [0.25, 0.3) is 15.9 Å². The summed E-state index contributed by atoms with van der Waals surface area (Å²) in [4.78, 5) is 12.7. The van der Waals surface area contributed by atoms with Crippen LogP contribution in [0.4, 0.5) is 5.69 Å². The van der Waals surface area contributed by atoms with Gasteiger partial charge in [-0.2, -0.15) is 5.10 Å². The van der Waals surface area contributed by atoms with Gasteiger partial charge in [-0.25, -0.2) is 13.8 Å². The summed E-state index contributed by atoms with van der Waals surface area (Å²) in [6.07, 6.45) is 3.53. The monoisotopic (exact) mass is 513 g/mol. The van der Waals surface area contributed by atoms with Gasteiger partial charge in [0.05, 0.1) is 23.4 Å². The molecule has 35 heavy (non-hydrogen) atoms. The van der Waals surface area contributed by atoms with Crippen molar-refractivity contribution in [2.75, 3.05) is 17.5 Å². The number of hydrogen-bond donors (Lipinski definition) is 1. The molecule has 3 aromatic rings. The summed E-state index contributed by atoms with van der Waals surface area (Å²) in [5.74, 6) is 0.162. The second-order valence-corrected chi connectivity index (χ2v) is 10.1. The Morgan fingerprint density at radius 3 is 2.46 bits per heavy atom. The van der Waals surface area contributed by atoms with E-state index < -0.39 is 22.5 Å². The summed E-state index contributed by atoms with van der Waals surface area (Å²) in [7, 11) is -4.02. The molecule has 0 aliphatic heterocycles. The van der Waals surface area contributed by atoms with Crippen LogP contribution in [0.3, 0.4) is 0 Å². The molecule has 0 spiro atoms. The Kier molecular flexibility index (Phi) is 9.28. The van der Waals surface area contributed by atoms with E-state index in [1.54, 1.807) is 30.3 Å². The number of nitrogens with zero attached hydrogens (tertiary/aromatic N) is 2. The predicted octanol–water partition coefficient (Wildman–Crippen LogP) is 5.17. The summed E-state index contributed by atoms with van der Waals surface area (Å²) in [5.41, 5.74) is 4.23. The lowest BCUT2D eigenvalue weighted by atomic mass is 10.2. The van der Waals surface area contributed by atoms with Crippen LogP contribution in [-0.2, 0) is 14.8 Å². The lowest BCUT2D eigenvalue weighted by Crippen LogP contribution is -2.39. The van der Waals surface area contributed by atoms with E-state index in [1.165, 1.54) is 24.4 Å². The summed E-state index contributed by atoms with van der Waals surface area (Å²) in [5, 5.41) is 4.37. The number of ether oxygens (including phenoxy) is 1. The third-order valence-electron chi connectivity index (χ3n) is 5.11. The fourth-order valence-electron chi connectivity index (χ4n) is 3.10. The lowest BCUT2D eigenvalue weighted by Gasteiger charge is -2.24. The van der Waals surface area contributed by atoms with Crippen LogP contribution in [0.25, 0.3) is 0 Å². The highest BCUT2D eigenvalue weighted by Crippen LogP contribution is 2.27. The number of aryl methyl sites for hydroxylation is 1. The van der Waals surface area contributed by atoms with Crippen LogP contribution in [-0.4, -0.2) is 33.7 Å². The van der Waals surface area contributed by atoms with E-state index in [-0.39, 0.29) is 10.6 Å². The summed E-state index contributed by atoms with van der Waals surface area (Å²) in [6, 6.07) is 20.1. The molecule has 0 aromatic heterocycles. The number of hydrogen-bond acceptors (Lipinski definition) is 5. The van der Waals surface area contributed by atoms with Crippen LogP contribution in [0.1, 0.15) is 30.9 Å². The summed E-state index contributed by atoms with van der Waals surface area (Å²) in [6.45, 7) is 4.10. The van der Waals surface area contributed by atoms with Gasteiger partial charge in [0.2, 0.25) is 0 Å². The number of nitrogens with one attached hydrogen (secondary N) is 1. The number of carbonyl (C=O) groups excluding carboxylic acids is 1. The molecule has 9 heteroatoms. The molecule has 0 fully saturated rings. The first kappa shape index (κ1) is 26.2. The van der Waals surface area contributed by atoms with Crippen molar-refractivity contribution in [2.45, 2.75) is 31.6 Å². The maximum Gasteiger partial charge on any atom is 0.264 e. The largest absolute Gasteiger partial charge is 0.494 e. The van der Waals surface area contributed by atoms with E-state index in [1.807, 2.05) is 31.2 Å². The molecule has 0 heterocycles. The zero-order chi connectivity index (χ0) is 25.3. The molecule has 0 saturated heterocycles. The Hall–Kier alpha value is -3.36. The highest BCUT2D eigenvalue weighted by atomic mass is 35.5. The number of benzene rings is 3. The summed E-state index contributed by atoms with van der Waals surface area (Å²) < 4.78 is 33.3. The topological polar surface area (TPSA) is 88.1 Å². The second kappa shape index (κ2) is 12.4. The molecule has 0 atom stereocenters. The fourth-order valence-corrected chi connectivity index (χ4v) is 4.71. The molecule has 0 radical (unpaired) electrons. The minimum atomic E-state index is -4.02. The van der Waals surface area contributed by atoms with Gasteiger partial charge in [0, 0.05) is 5.02 Å². The number of anilines is 1. The molecule has 0 aliphatic carbocycles. The first-order valence-corrected chi connectivity index (χ1v) is 13.0. The summed E-state index contributed by atoms with van der Waals surface area (Å²) >= 11 is 6.23. The molecule has 0 unspecified atom stereocenters. The first-order chi connectivity index (χ1) is 16.8. The normalized spacial score (nSPS) is 11.4. The number of hydrazone groups is 1. The highest BCUT2D eigenvalue weighted by Gasteiger charge is 2.27. The first-order valence-electron chi connectivity index (χ1n) is 11.2. The molecule has 3 rings (SSSR count). The minimum Gasteiger partial charge on any atom is -0.494 e. The fraction of sp³-hybridized carbons (Fsp3) is 0.231. The third-order valence-corrected chi connectivity index (χ3v) is 7.31. The molecular formula is C26H28ClN3O4S. The average Bonchev–Trinajstić information content (AvgIpc) is 2.86. The van der Waals surface area contributed by atoms with Crippen LogP contribution in [0.5, 0.6) is 5.75 Å². The number of carbonyl (C=O) groups is 1. The van der Waals surface area contributed by atoms with Crippen molar-refractivity contribution < 1.29 is 17.9 Å². The van der Waals surface area contributed by atoms with Crippen LogP contribution >= 0.6 is 11.6 Å². The van der Waals surface area contributed by atoms with E-state index in [9.17, 15) is 13.2 Å². The van der Waals surface area contributed by atoms with Crippen molar-refractivity contribution in [2.24, 2.45) is 5.10 Å². The smallest absolute Gasteiger partial charge is 0.264 e. The van der Waals surface area contributed by atoms with Crippen LogP contribution in [0, 0.1) is 6.92 Å². The van der Waals surface area contributed by atoms with Crippen LogP contribution in [0.15, 0.2) is 82.8 Å². The lowest BCUT2D eigenvalue weighted by molar-refractivity contribution is -0.119. The zero-order valence-corrected chi connectivity index (χ0v) is 21.2. The average molecular weight is 514 g/mol. The van der Waals surface area contributed by atoms with Gasteiger partial charge >= 0.3 is 0 Å². The molecule has 0 saturated carbocycles. The number of unbranched alkanes of at least 4 members (excludes halogenated alkanes) is 1. The zero-order valence-electron chi connectivity index (χ0n) is 19.6. The van der Waals surface area contributed by atoms with Gasteiger partial charge in [-0.1, -0.05) is 49.2 Å².